The van der Waals surface area contributed by atoms with Crippen LogP contribution in [0.3, 0.4) is 0 Å². The summed E-state index contributed by atoms with van der Waals surface area (Å²) in [5.74, 6) is -0.748. The van der Waals surface area contributed by atoms with Crippen molar-refractivity contribution in [2.45, 2.75) is 25.8 Å². The molecule has 90 valence electrons. The number of hydrogen-bond acceptors (Lipinski definition) is 3. The van der Waals surface area contributed by atoms with Crippen LogP contribution in [-0.2, 0) is 11.2 Å². The highest BCUT2D eigenvalue weighted by molar-refractivity contribution is 8.14. The van der Waals surface area contributed by atoms with Crippen LogP contribution in [0.1, 0.15) is 25.0 Å². The Balaban J connectivity index is 2.33. The van der Waals surface area contributed by atoms with Gasteiger partial charge in [0.15, 0.2) is 0 Å². The first-order valence-electron chi connectivity index (χ1n) is 5.51. The Kier molecular flexibility index (Phi) is 3.24. The van der Waals surface area contributed by atoms with Gasteiger partial charge in [0.1, 0.15) is 0 Å². The van der Waals surface area contributed by atoms with Crippen molar-refractivity contribution in [2.24, 2.45) is 4.99 Å². The molecule has 0 aliphatic carbocycles. The predicted molar refractivity (Wildman–Crippen MR) is 70.9 cm³/mol. The first-order chi connectivity index (χ1) is 7.98. The van der Waals surface area contributed by atoms with E-state index in [0.717, 1.165) is 17.0 Å². The molecule has 0 unspecified atom stereocenters. The zero-order chi connectivity index (χ0) is 12.5. The normalized spacial score (nSPS) is 17.2. The lowest BCUT2D eigenvalue weighted by Crippen LogP contribution is -2.28. The average molecular weight is 249 g/mol. The molecule has 0 amide bonds. The quantitative estimate of drug-likeness (QED) is 0.876. The fourth-order valence-electron chi connectivity index (χ4n) is 1.96. The van der Waals surface area contributed by atoms with Gasteiger partial charge in [-0.25, -0.2) is 0 Å². The van der Waals surface area contributed by atoms with Gasteiger partial charge in [0, 0.05) is 5.56 Å². The Morgan fingerprint density at radius 2 is 2.18 bits per heavy atom. The van der Waals surface area contributed by atoms with Gasteiger partial charge in [-0.3, -0.25) is 9.79 Å². The smallest absolute Gasteiger partial charge is 0.313 e. The van der Waals surface area contributed by atoms with E-state index in [2.05, 4.69) is 24.9 Å². The van der Waals surface area contributed by atoms with Crippen molar-refractivity contribution in [3.05, 3.63) is 35.4 Å². The van der Waals surface area contributed by atoms with Crippen molar-refractivity contribution in [1.82, 2.24) is 0 Å². The minimum absolute atomic E-state index is 0.0588. The van der Waals surface area contributed by atoms with E-state index >= 15 is 0 Å². The molecule has 0 spiro atoms. The molecular formula is C13H15NO2S. The van der Waals surface area contributed by atoms with Gasteiger partial charge in [0.05, 0.1) is 16.3 Å². The summed E-state index contributed by atoms with van der Waals surface area (Å²) in [4.78, 5) is 15.3. The van der Waals surface area contributed by atoms with Gasteiger partial charge < -0.3 is 5.11 Å². The number of rotatable bonds is 2. The Morgan fingerprint density at radius 1 is 1.47 bits per heavy atom. The molecule has 0 aromatic heterocycles. The topological polar surface area (TPSA) is 49.7 Å². The number of nitrogens with zero attached hydrogens (tertiary/aromatic N) is 1. The second kappa shape index (κ2) is 4.53. The summed E-state index contributed by atoms with van der Waals surface area (Å²) in [6, 6.07) is 8.08. The molecule has 4 heteroatoms. The van der Waals surface area contributed by atoms with E-state index in [1.807, 2.05) is 18.2 Å². The van der Waals surface area contributed by atoms with Crippen molar-refractivity contribution in [3.8, 4) is 0 Å². The van der Waals surface area contributed by atoms with Gasteiger partial charge in [-0.2, -0.15) is 0 Å². The number of aliphatic imine (C=N–C) groups is 1. The molecule has 0 radical (unpaired) electrons. The number of carboxylic acid groups (broad SMARTS) is 1. The van der Waals surface area contributed by atoms with Crippen LogP contribution in [0.25, 0.3) is 0 Å². The van der Waals surface area contributed by atoms with E-state index in [1.165, 1.54) is 17.3 Å². The minimum atomic E-state index is -0.807. The van der Waals surface area contributed by atoms with Crippen molar-refractivity contribution < 1.29 is 9.90 Å². The molecule has 1 aliphatic heterocycles. The second-order valence-electron chi connectivity index (χ2n) is 4.75. The summed E-state index contributed by atoms with van der Waals surface area (Å²) >= 11 is 1.30. The van der Waals surface area contributed by atoms with Crippen LogP contribution in [-0.4, -0.2) is 27.4 Å². The number of benzene rings is 1. The maximum atomic E-state index is 10.6. The molecule has 2 rings (SSSR count). The largest absolute Gasteiger partial charge is 0.481 e. The second-order valence-corrected chi connectivity index (χ2v) is 5.71. The lowest BCUT2D eigenvalue weighted by atomic mass is 9.90. The van der Waals surface area contributed by atoms with Gasteiger partial charge in [0.25, 0.3) is 0 Å². The van der Waals surface area contributed by atoms with E-state index < -0.39 is 5.97 Å². The SMILES string of the molecule is CC1(C)Cc2ccccc2C(SCC(=O)O)=N1. The van der Waals surface area contributed by atoms with Crippen LogP contribution >= 0.6 is 11.8 Å². The highest BCUT2D eigenvalue weighted by Gasteiger charge is 2.26. The first-order valence-corrected chi connectivity index (χ1v) is 6.49. The number of aliphatic carboxylic acids is 1. The molecule has 1 aliphatic rings. The third-order valence-corrected chi connectivity index (χ3v) is 3.58. The molecule has 1 aromatic carbocycles. The van der Waals surface area contributed by atoms with Gasteiger partial charge in [-0.05, 0) is 25.8 Å². The summed E-state index contributed by atoms with van der Waals surface area (Å²) in [6.45, 7) is 4.15. The fraction of sp³-hybridized carbons (Fsp3) is 0.385. The molecule has 17 heavy (non-hydrogen) atoms. The molecule has 1 aromatic rings. The molecule has 0 saturated heterocycles. The number of fused-ring (bicyclic) bond motifs is 1. The van der Waals surface area contributed by atoms with Gasteiger partial charge in [-0.15, -0.1) is 0 Å². The fourth-order valence-corrected chi connectivity index (χ4v) is 2.89. The van der Waals surface area contributed by atoms with Crippen LogP contribution in [0.2, 0.25) is 0 Å². The Hall–Kier alpha value is -1.29. The van der Waals surface area contributed by atoms with Gasteiger partial charge in [-0.1, -0.05) is 36.0 Å². The van der Waals surface area contributed by atoms with Crippen LogP contribution in [0, 0.1) is 0 Å². The van der Waals surface area contributed by atoms with Crippen molar-refractivity contribution >= 4 is 22.8 Å². The maximum absolute atomic E-state index is 10.6. The Bertz CT molecular complexity index is 480. The number of carbonyl (C=O) groups is 1. The van der Waals surface area contributed by atoms with Crippen LogP contribution in [0.4, 0.5) is 0 Å². The van der Waals surface area contributed by atoms with Crippen LogP contribution < -0.4 is 0 Å². The summed E-state index contributed by atoms with van der Waals surface area (Å²) in [5, 5.41) is 9.59. The maximum Gasteiger partial charge on any atom is 0.313 e. The molecule has 3 nitrogen and oxygen atoms in total. The number of hydrogen-bond donors (Lipinski definition) is 1. The van der Waals surface area contributed by atoms with E-state index in [4.69, 9.17) is 5.11 Å². The standard InChI is InChI=1S/C13H15NO2S/c1-13(2)7-9-5-3-4-6-10(9)12(14-13)17-8-11(15)16/h3-6H,7-8H2,1-2H3,(H,15,16). The van der Waals surface area contributed by atoms with E-state index in [-0.39, 0.29) is 11.3 Å². The zero-order valence-corrected chi connectivity index (χ0v) is 10.8. The number of thioether (sulfide) groups is 1. The summed E-state index contributed by atoms with van der Waals surface area (Å²) in [5.41, 5.74) is 2.19. The van der Waals surface area contributed by atoms with Crippen LogP contribution in [0.5, 0.6) is 0 Å². The van der Waals surface area contributed by atoms with E-state index in [9.17, 15) is 4.79 Å². The highest BCUT2D eigenvalue weighted by Crippen LogP contribution is 2.30. The lowest BCUT2D eigenvalue weighted by molar-refractivity contribution is -0.133. The summed E-state index contributed by atoms with van der Waals surface area (Å²) in [7, 11) is 0. The van der Waals surface area contributed by atoms with E-state index in [1.54, 1.807) is 0 Å². The molecule has 0 bridgehead atoms. The summed E-state index contributed by atoms with van der Waals surface area (Å²) in [6.07, 6.45) is 0.903. The van der Waals surface area contributed by atoms with Gasteiger partial charge >= 0.3 is 5.97 Å². The minimum Gasteiger partial charge on any atom is -0.481 e. The summed E-state index contributed by atoms with van der Waals surface area (Å²) < 4.78 is 0. The molecule has 1 heterocycles. The molecular weight excluding hydrogens is 234 g/mol. The zero-order valence-electron chi connectivity index (χ0n) is 9.93. The molecule has 0 atom stereocenters. The van der Waals surface area contributed by atoms with Crippen molar-refractivity contribution in [1.29, 1.82) is 0 Å². The Morgan fingerprint density at radius 3 is 2.88 bits per heavy atom. The monoisotopic (exact) mass is 249 g/mol. The first kappa shape index (κ1) is 12.2. The third-order valence-electron chi connectivity index (χ3n) is 2.61. The van der Waals surface area contributed by atoms with Crippen molar-refractivity contribution in [3.63, 3.8) is 0 Å². The highest BCUT2D eigenvalue weighted by atomic mass is 32.2. The number of carboxylic acids is 1. The molecule has 0 saturated carbocycles. The lowest BCUT2D eigenvalue weighted by Gasteiger charge is -2.28. The van der Waals surface area contributed by atoms with Gasteiger partial charge in [0.2, 0.25) is 0 Å². The van der Waals surface area contributed by atoms with Crippen molar-refractivity contribution in [2.75, 3.05) is 5.75 Å². The van der Waals surface area contributed by atoms with Crippen LogP contribution in [0.15, 0.2) is 29.3 Å². The van der Waals surface area contributed by atoms with E-state index in [0.29, 0.717) is 0 Å². The third kappa shape index (κ3) is 2.88. The predicted octanol–water partition coefficient (Wildman–Crippen LogP) is 2.59. The average Bonchev–Trinajstić information content (AvgIpc) is 2.24. The molecule has 1 N–H and O–H groups in total. The Labute approximate surface area is 105 Å². The molecule has 0 fully saturated rings.